The summed E-state index contributed by atoms with van der Waals surface area (Å²) in [5.74, 6) is 1.45. The molecular weight excluding hydrogens is 274 g/mol. The van der Waals surface area contributed by atoms with Gasteiger partial charge < -0.3 is 0 Å². The van der Waals surface area contributed by atoms with Crippen LogP contribution in [-0.4, -0.2) is 18.0 Å². The molecule has 1 aromatic rings. The molecule has 0 N–H and O–H groups in total. The lowest BCUT2D eigenvalue weighted by atomic mass is 10.1. The van der Waals surface area contributed by atoms with Crippen LogP contribution in [0.1, 0.15) is 33.3 Å². The molecule has 1 rings (SSSR count). The number of halogens is 1. The van der Waals surface area contributed by atoms with Gasteiger partial charge in [0.2, 0.25) is 0 Å². The summed E-state index contributed by atoms with van der Waals surface area (Å²) in [6, 6.07) is 8.66. The SMILES string of the molecule is CC(C)CN(Cc1ccc(Br)cc1)CC(C)C. The summed E-state index contributed by atoms with van der Waals surface area (Å²) in [5, 5.41) is 0. The Bertz CT molecular complexity index is 306. The van der Waals surface area contributed by atoms with Crippen molar-refractivity contribution in [2.75, 3.05) is 13.1 Å². The van der Waals surface area contributed by atoms with Crippen LogP contribution < -0.4 is 0 Å². The van der Waals surface area contributed by atoms with Crippen LogP contribution in [0.4, 0.5) is 0 Å². The molecule has 96 valence electrons. The highest BCUT2D eigenvalue weighted by Gasteiger charge is 2.09. The number of hydrogen-bond acceptors (Lipinski definition) is 1. The van der Waals surface area contributed by atoms with E-state index in [1.807, 2.05) is 0 Å². The van der Waals surface area contributed by atoms with Crippen molar-refractivity contribution in [2.45, 2.75) is 34.2 Å². The lowest BCUT2D eigenvalue weighted by Gasteiger charge is -2.26. The van der Waals surface area contributed by atoms with E-state index >= 15 is 0 Å². The zero-order chi connectivity index (χ0) is 12.8. The fraction of sp³-hybridized carbons (Fsp3) is 0.600. The summed E-state index contributed by atoms with van der Waals surface area (Å²) in [6.45, 7) is 12.6. The average Bonchev–Trinajstić information content (AvgIpc) is 2.19. The largest absolute Gasteiger partial charge is 0.299 e. The third-order valence-electron chi connectivity index (χ3n) is 2.57. The Morgan fingerprint density at radius 1 is 0.941 bits per heavy atom. The molecule has 0 aromatic heterocycles. The normalized spacial score (nSPS) is 11.8. The van der Waals surface area contributed by atoms with Crippen molar-refractivity contribution in [3.63, 3.8) is 0 Å². The molecule has 17 heavy (non-hydrogen) atoms. The van der Waals surface area contributed by atoms with Crippen molar-refractivity contribution in [2.24, 2.45) is 11.8 Å². The molecule has 0 fully saturated rings. The topological polar surface area (TPSA) is 3.24 Å². The second-order valence-electron chi connectivity index (χ2n) is 5.61. The number of nitrogens with zero attached hydrogens (tertiary/aromatic N) is 1. The monoisotopic (exact) mass is 297 g/mol. The van der Waals surface area contributed by atoms with Crippen LogP contribution in [0.5, 0.6) is 0 Å². The van der Waals surface area contributed by atoms with E-state index < -0.39 is 0 Å². The Balaban J connectivity index is 2.61. The molecule has 0 amide bonds. The molecule has 0 atom stereocenters. The highest BCUT2D eigenvalue weighted by molar-refractivity contribution is 9.10. The second-order valence-corrected chi connectivity index (χ2v) is 6.52. The van der Waals surface area contributed by atoms with E-state index in [0.29, 0.717) is 0 Å². The average molecular weight is 298 g/mol. The van der Waals surface area contributed by atoms with Crippen molar-refractivity contribution in [1.29, 1.82) is 0 Å². The zero-order valence-electron chi connectivity index (χ0n) is 11.4. The van der Waals surface area contributed by atoms with Gasteiger partial charge in [-0.3, -0.25) is 4.90 Å². The van der Waals surface area contributed by atoms with Gasteiger partial charge >= 0.3 is 0 Å². The van der Waals surface area contributed by atoms with Crippen LogP contribution in [0.3, 0.4) is 0 Å². The van der Waals surface area contributed by atoms with Crippen molar-refractivity contribution in [3.05, 3.63) is 34.3 Å². The quantitative estimate of drug-likeness (QED) is 0.744. The van der Waals surface area contributed by atoms with Crippen molar-refractivity contribution < 1.29 is 0 Å². The van der Waals surface area contributed by atoms with Crippen LogP contribution in [0.25, 0.3) is 0 Å². The minimum Gasteiger partial charge on any atom is -0.299 e. The fourth-order valence-electron chi connectivity index (χ4n) is 2.08. The molecule has 1 nitrogen and oxygen atoms in total. The first-order valence-electron chi connectivity index (χ1n) is 6.44. The highest BCUT2D eigenvalue weighted by atomic mass is 79.9. The summed E-state index contributed by atoms with van der Waals surface area (Å²) in [5.41, 5.74) is 1.40. The molecule has 0 aliphatic rings. The van der Waals surface area contributed by atoms with Crippen LogP contribution in [0.15, 0.2) is 28.7 Å². The van der Waals surface area contributed by atoms with Crippen LogP contribution in [0.2, 0.25) is 0 Å². The van der Waals surface area contributed by atoms with Gasteiger partial charge in [0.1, 0.15) is 0 Å². The summed E-state index contributed by atoms with van der Waals surface area (Å²) in [6.07, 6.45) is 0. The maximum absolute atomic E-state index is 3.48. The Hall–Kier alpha value is -0.340. The third-order valence-corrected chi connectivity index (χ3v) is 3.09. The Kier molecular flexibility index (Phi) is 6.21. The molecule has 0 unspecified atom stereocenters. The minimum absolute atomic E-state index is 0.726. The first kappa shape index (κ1) is 14.7. The van der Waals surface area contributed by atoms with Crippen LogP contribution >= 0.6 is 15.9 Å². The Morgan fingerprint density at radius 2 is 1.41 bits per heavy atom. The fourth-order valence-corrected chi connectivity index (χ4v) is 2.35. The van der Waals surface area contributed by atoms with E-state index in [1.165, 1.54) is 18.7 Å². The minimum atomic E-state index is 0.726. The molecule has 0 radical (unpaired) electrons. The Labute approximate surface area is 114 Å². The highest BCUT2D eigenvalue weighted by Crippen LogP contribution is 2.14. The predicted octanol–water partition coefficient (Wildman–Crippen LogP) is 4.56. The van der Waals surface area contributed by atoms with Gasteiger partial charge in [0.05, 0.1) is 0 Å². The van der Waals surface area contributed by atoms with E-state index in [9.17, 15) is 0 Å². The summed E-state index contributed by atoms with van der Waals surface area (Å²) in [7, 11) is 0. The van der Waals surface area contributed by atoms with Gasteiger partial charge in [0, 0.05) is 24.1 Å². The third kappa shape index (κ3) is 6.23. The Morgan fingerprint density at radius 3 is 1.82 bits per heavy atom. The van der Waals surface area contributed by atoms with Crippen molar-refractivity contribution in [1.82, 2.24) is 4.90 Å². The van der Waals surface area contributed by atoms with E-state index in [0.717, 1.165) is 22.9 Å². The summed E-state index contributed by atoms with van der Waals surface area (Å²) < 4.78 is 1.15. The first-order valence-corrected chi connectivity index (χ1v) is 7.23. The molecule has 2 heteroatoms. The zero-order valence-corrected chi connectivity index (χ0v) is 13.0. The van der Waals surface area contributed by atoms with Gasteiger partial charge in [-0.25, -0.2) is 0 Å². The van der Waals surface area contributed by atoms with Gasteiger partial charge in [-0.05, 0) is 29.5 Å². The summed E-state index contributed by atoms with van der Waals surface area (Å²) >= 11 is 3.48. The van der Waals surface area contributed by atoms with Crippen molar-refractivity contribution >= 4 is 15.9 Å². The molecule has 0 heterocycles. The van der Waals surface area contributed by atoms with Gasteiger partial charge in [-0.2, -0.15) is 0 Å². The van der Waals surface area contributed by atoms with Crippen LogP contribution in [0, 0.1) is 11.8 Å². The van der Waals surface area contributed by atoms with Gasteiger partial charge in [0.25, 0.3) is 0 Å². The summed E-state index contributed by atoms with van der Waals surface area (Å²) in [4.78, 5) is 2.55. The predicted molar refractivity (Wildman–Crippen MR) is 79.1 cm³/mol. The molecule has 0 saturated carbocycles. The van der Waals surface area contributed by atoms with Gasteiger partial charge in [0.15, 0.2) is 0 Å². The molecule has 0 aliphatic carbocycles. The van der Waals surface area contributed by atoms with Crippen LogP contribution in [-0.2, 0) is 6.54 Å². The standard InChI is InChI=1S/C15H24BrN/c1-12(2)9-17(10-13(3)4)11-14-5-7-15(16)8-6-14/h5-8,12-13H,9-11H2,1-4H3. The van der Waals surface area contributed by atoms with Crippen molar-refractivity contribution in [3.8, 4) is 0 Å². The van der Waals surface area contributed by atoms with Gasteiger partial charge in [-0.1, -0.05) is 55.8 Å². The van der Waals surface area contributed by atoms with Gasteiger partial charge in [-0.15, -0.1) is 0 Å². The molecule has 0 saturated heterocycles. The second kappa shape index (κ2) is 7.17. The molecule has 1 aromatic carbocycles. The smallest absolute Gasteiger partial charge is 0.0233 e. The molecule has 0 aliphatic heterocycles. The maximum atomic E-state index is 3.48. The van der Waals surface area contributed by atoms with E-state index in [1.54, 1.807) is 0 Å². The number of rotatable bonds is 6. The molecular formula is C15H24BrN. The molecule has 0 spiro atoms. The first-order chi connectivity index (χ1) is 7.97. The van der Waals surface area contributed by atoms with E-state index in [4.69, 9.17) is 0 Å². The van der Waals surface area contributed by atoms with E-state index in [2.05, 4.69) is 72.8 Å². The molecule has 0 bridgehead atoms. The maximum Gasteiger partial charge on any atom is 0.0233 e. The number of hydrogen-bond donors (Lipinski definition) is 0. The number of benzene rings is 1. The lowest BCUT2D eigenvalue weighted by molar-refractivity contribution is 0.211. The van der Waals surface area contributed by atoms with E-state index in [-0.39, 0.29) is 0 Å². The lowest BCUT2D eigenvalue weighted by Crippen LogP contribution is -2.30.